The largest absolute Gasteiger partial charge is 0.350 e. The molecule has 0 heterocycles. The minimum absolute atomic E-state index is 0.107. The summed E-state index contributed by atoms with van der Waals surface area (Å²) in [6.07, 6.45) is 0. The molecule has 1 N–H and O–H groups in total. The SMILES string of the molecule is Cc1cc(C)c(CS(=O)(=O)C(C)C(=O)NC(C)(C)C)c(C)c1. The molecule has 4 nitrogen and oxygen atoms in total. The first kappa shape index (κ1) is 18.7. The molecule has 0 saturated heterocycles. The summed E-state index contributed by atoms with van der Waals surface area (Å²) in [6, 6.07) is 3.94. The molecule has 1 aromatic carbocycles. The van der Waals surface area contributed by atoms with Crippen molar-refractivity contribution in [2.24, 2.45) is 0 Å². The first-order valence-corrected chi connectivity index (χ1v) is 9.15. The van der Waals surface area contributed by atoms with Crippen LogP contribution < -0.4 is 5.32 Å². The van der Waals surface area contributed by atoms with E-state index in [0.717, 1.165) is 22.3 Å². The van der Waals surface area contributed by atoms with E-state index in [-0.39, 0.29) is 5.75 Å². The van der Waals surface area contributed by atoms with Crippen LogP contribution in [0.5, 0.6) is 0 Å². The molecule has 0 aromatic heterocycles. The zero-order chi connectivity index (χ0) is 17.3. The summed E-state index contributed by atoms with van der Waals surface area (Å²) < 4.78 is 25.1. The molecule has 0 aliphatic heterocycles. The molecular formula is C17H27NO3S. The molecule has 124 valence electrons. The first-order chi connectivity index (χ1) is 9.83. The monoisotopic (exact) mass is 325 g/mol. The average molecular weight is 325 g/mol. The number of aryl methyl sites for hydroxylation is 3. The Morgan fingerprint density at radius 2 is 1.59 bits per heavy atom. The standard InChI is InChI=1S/C17H27NO3S/c1-11-8-12(2)15(13(3)9-11)10-22(20,21)14(4)16(19)18-17(5,6)7/h8-9,14H,10H2,1-7H3,(H,18,19). The van der Waals surface area contributed by atoms with Crippen LogP contribution in [0.15, 0.2) is 12.1 Å². The van der Waals surface area contributed by atoms with Gasteiger partial charge in [-0.15, -0.1) is 0 Å². The van der Waals surface area contributed by atoms with Gasteiger partial charge < -0.3 is 5.32 Å². The Labute approximate surface area is 134 Å². The van der Waals surface area contributed by atoms with Crippen molar-refractivity contribution in [2.45, 2.75) is 65.0 Å². The highest BCUT2D eigenvalue weighted by molar-refractivity contribution is 7.92. The molecule has 1 atom stereocenters. The highest BCUT2D eigenvalue weighted by Crippen LogP contribution is 2.21. The van der Waals surface area contributed by atoms with Crippen LogP contribution in [-0.2, 0) is 20.4 Å². The fraction of sp³-hybridized carbons (Fsp3) is 0.588. The Hall–Kier alpha value is -1.36. The lowest BCUT2D eigenvalue weighted by Crippen LogP contribution is -2.47. The maximum atomic E-state index is 12.6. The number of carbonyl (C=O) groups is 1. The van der Waals surface area contributed by atoms with Crippen LogP contribution in [0, 0.1) is 20.8 Å². The van der Waals surface area contributed by atoms with Gasteiger partial charge in [0.1, 0.15) is 5.25 Å². The second-order valence-corrected chi connectivity index (χ2v) is 9.39. The Morgan fingerprint density at radius 1 is 1.14 bits per heavy atom. The lowest BCUT2D eigenvalue weighted by Gasteiger charge is -2.23. The average Bonchev–Trinajstić information content (AvgIpc) is 2.30. The molecule has 0 saturated carbocycles. The third-order valence-electron chi connectivity index (χ3n) is 3.59. The predicted octanol–water partition coefficient (Wildman–Crippen LogP) is 2.83. The van der Waals surface area contributed by atoms with Crippen molar-refractivity contribution in [3.63, 3.8) is 0 Å². The van der Waals surface area contributed by atoms with Gasteiger partial charge in [-0.3, -0.25) is 4.79 Å². The van der Waals surface area contributed by atoms with Crippen molar-refractivity contribution in [3.05, 3.63) is 34.4 Å². The van der Waals surface area contributed by atoms with E-state index in [4.69, 9.17) is 0 Å². The summed E-state index contributed by atoms with van der Waals surface area (Å²) in [5.41, 5.74) is 3.35. The van der Waals surface area contributed by atoms with Crippen molar-refractivity contribution >= 4 is 15.7 Å². The van der Waals surface area contributed by atoms with Gasteiger partial charge in [0.05, 0.1) is 5.75 Å². The van der Waals surface area contributed by atoms with E-state index in [1.165, 1.54) is 6.92 Å². The van der Waals surface area contributed by atoms with Crippen LogP contribution in [0.25, 0.3) is 0 Å². The zero-order valence-corrected chi connectivity index (χ0v) is 15.4. The lowest BCUT2D eigenvalue weighted by molar-refractivity contribution is -0.121. The molecule has 22 heavy (non-hydrogen) atoms. The summed E-state index contributed by atoms with van der Waals surface area (Å²) in [4.78, 5) is 12.1. The number of amides is 1. The van der Waals surface area contributed by atoms with Crippen molar-refractivity contribution < 1.29 is 13.2 Å². The van der Waals surface area contributed by atoms with Gasteiger partial charge in [0.25, 0.3) is 0 Å². The third-order valence-corrected chi connectivity index (χ3v) is 5.57. The zero-order valence-electron chi connectivity index (χ0n) is 14.6. The number of hydrogen-bond acceptors (Lipinski definition) is 3. The quantitative estimate of drug-likeness (QED) is 0.926. The van der Waals surface area contributed by atoms with Crippen LogP contribution in [-0.4, -0.2) is 25.1 Å². The van der Waals surface area contributed by atoms with E-state index < -0.39 is 26.5 Å². The van der Waals surface area contributed by atoms with E-state index in [1.54, 1.807) is 0 Å². The van der Waals surface area contributed by atoms with Crippen LogP contribution >= 0.6 is 0 Å². The van der Waals surface area contributed by atoms with Gasteiger partial charge in [-0.1, -0.05) is 17.7 Å². The van der Waals surface area contributed by atoms with E-state index in [9.17, 15) is 13.2 Å². The third kappa shape index (κ3) is 4.83. The molecule has 1 amide bonds. The van der Waals surface area contributed by atoms with Crippen molar-refractivity contribution in [3.8, 4) is 0 Å². The number of hydrogen-bond donors (Lipinski definition) is 1. The minimum atomic E-state index is -3.55. The highest BCUT2D eigenvalue weighted by atomic mass is 32.2. The van der Waals surface area contributed by atoms with Gasteiger partial charge in [-0.2, -0.15) is 0 Å². The number of nitrogens with one attached hydrogen (secondary N) is 1. The van der Waals surface area contributed by atoms with Crippen molar-refractivity contribution in [1.29, 1.82) is 0 Å². The second-order valence-electron chi connectivity index (χ2n) is 7.07. The summed E-state index contributed by atoms with van der Waals surface area (Å²) in [7, 11) is -3.55. The number of carbonyl (C=O) groups excluding carboxylic acids is 1. The number of sulfone groups is 1. The molecule has 0 aliphatic carbocycles. The molecule has 0 fully saturated rings. The smallest absolute Gasteiger partial charge is 0.238 e. The van der Waals surface area contributed by atoms with Crippen LogP contribution in [0.2, 0.25) is 0 Å². The lowest BCUT2D eigenvalue weighted by atomic mass is 10.0. The van der Waals surface area contributed by atoms with Crippen molar-refractivity contribution in [1.82, 2.24) is 5.32 Å². The topological polar surface area (TPSA) is 63.2 Å². The van der Waals surface area contributed by atoms with Gasteiger partial charge in [0.2, 0.25) is 5.91 Å². The van der Waals surface area contributed by atoms with Gasteiger partial charge in [0.15, 0.2) is 9.84 Å². The highest BCUT2D eigenvalue weighted by Gasteiger charge is 2.31. The fourth-order valence-corrected chi connectivity index (χ4v) is 3.89. The normalized spacial score (nSPS) is 13.8. The molecule has 0 radical (unpaired) electrons. The predicted molar refractivity (Wildman–Crippen MR) is 90.6 cm³/mol. The summed E-state index contributed by atoms with van der Waals surface area (Å²) in [6.45, 7) is 12.7. The van der Waals surface area contributed by atoms with Crippen LogP contribution in [0.4, 0.5) is 0 Å². The Balaban J connectivity index is 3.04. The van der Waals surface area contributed by atoms with Gasteiger partial charge in [-0.25, -0.2) is 8.42 Å². The maximum Gasteiger partial charge on any atom is 0.238 e. The summed E-state index contributed by atoms with van der Waals surface area (Å²) in [5, 5.41) is 1.67. The first-order valence-electron chi connectivity index (χ1n) is 7.44. The van der Waals surface area contributed by atoms with E-state index in [2.05, 4.69) is 5.32 Å². The molecule has 0 aliphatic rings. The Bertz CT molecular complexity index is 647. The molecule has 1 unspecified atom stereocenters. The van der Waals surface area contributed by atoms with E-state index in [0.29, 0.717) is 0 Å². The fourth-order valence-electron chi connectivity index (χ4n) is 2.40. The van der Waals surface area contributed by atoms with E-state index >= 15 is 0 Å². The molecule has 5 heteroatoms. The second kappa shape index (κ2) is 6.41. The number of benzene rings is 1. The van der Waals surface area contributed by atoms with Gasteiger partial charge >= 0.3 is 0 Å². The molecule has 1 aromatic rings. The Kier molecular flexibility index (Phi) is 5.44. The summed E-state index contributed by atoms with van der Waals surface area (Å²) in [5.74, 6) is -0.557. The van der Waals surface area contributed by atoms with Gasteiger partial charge in [0, 0.05) is 5.54 Å². The van der Waals surface area contributed by atoms with E-state index in [1.807, 2.05) is 53.7 Å². The Morgan fingerprint density at radius 3 is 2.00 bits per heavy atom. The molecule has 0 bridgehead atoms. The van der Waals surface area contributed by atoms with Crippen LogP contribution in [0.3, 0.4) is 0 Å². The summed E-state index contributed by atoms with van der Waals surface area (Å²) >= 11 is 0. The molecular weight excluding hydrogens is 298 g/mol. The van der Waals surface area contributed by atoms with Crippen LogP contribution in [0.1, 0.15) is 49.9 Å². The molecule has 1 rings (SSSR count). The van der Waals surface area contributed by atoms with Crippen molar-refractivity contribution in [2.75, 3.05) is 0 Å². The minimum Gasteiger partial charge on any atom is -0.350 e. The number of rotatable bonds is 4. The molecule has 0 spiro atoms. The maximum absolute atomic E-state index is 12.6. The van der Waals surface area contributed by atoms with Gasteiger partial charge in [-0.05, 0) is 65.2 Å².